The van der Waals surface area contributed by atoms with Crippen LogP contribution in [0.4, 0.5) is 5.13 Å². The molecule has 0 aliphatic heterocycles. The third kappa shape index (κ3) is 5.23. The monoisotopic (exact) mass is 437 g/mol. The SMILES string of the molecule is Cc1cc(C)c2nc(N(CCCN(C)C)C(=O)c3ccc(Cl)cc3)sc2c1.Cl. The second-order valence-electron chi connectivity index (χ2n) is 7.05. The van der Waals surface area contributed by atoms with Crippen molar-refractivity contribution in [2.75, 3.05) is 32.1 Å². The summed E-state index contributed by atoms with van der Waals surface area (Å²) in [7, 11) is 4.07. The Morgan fingerprint density at radius 2 is 1.79 bits per heavy atom. The first-order chi connectivity index (χ1) is 12.8. The number of rotatable bonds is 6. The van der Waals surface area contributed by atoms with Crippen LogP contribution >= 0.6 is 35.3 Å². The minimum absolute atomic E-state index is 0. The van der Waals surface area contributed by atoms with Crippen molar-refractivity contribution in [3.05, 3.63) is 58.1 Å². The number of carbonyl (C=O) groups is 1. The highest BCUT2D eigenvalue weighted by Crippen LogP contribution is 2.32. The number of anilines is 1. The van der Waals surface area contributed by atoms with Crippen LogP contribution in [0.3, 0.4) is 0 Å². The second kappa shape index (κ2) is 9.70. The number of hydrogen-bond donors (Lipinski definition) is 0. The molecule has 7 heteroatoms. The Hall–Kier alpha value is -1.66. The number of fused-ring (bicyclic) bond motifs is 1. The van der Waals surface area contributed by atoms with Crippen molar-refractivity contribution in [2.45, 2.75) is 20.3 Å². The molecule has 1 aromatic heterocycles. The van der Waals surface area contributed by atoms with Crippen molar-refractivity contribution in [3.63, 3.8) is 0 Å². The van der Waals surface area contributed by atoms with Crippen molar-refractivity contribution in [2.24, 2.45) is 0 Å². The maximum atomic E-state index is 13.2. The first-order valence-electron chi connectivity index (χ1n) is 8.95. The maximum Gasteiger partial charge on any atom is 0.260 e. The third-order valence-corrected chi connectivity index (χ3v) is 5.65. The molecule has 3 rings (SSSR count). The number of hydrogen-bond acceptors (Lipinski definition) is 4. The van der Waals surface area contributed by atoms with Crippen molar-refractivity contribution >= 4 is 56.6 Å². The lowest BCUT2D eigenvalue weighted by Crippen LogP contribution is -2.33. The zero-order valence-corrected chi connectivity index (χ0v) is 18.9. The van der Waals surface area contributed by atoms with Crippen LogP contribution in [0.5, 0.6) is 0 Å². The van der Waals surface area contributed by atoms with E-state index in [0.29, 0.717) is 17.1 Å². The van der Waals surface area contributed by atoms with Crippen LogP contribution in [0.25, 0.3) is 10.2 Å². The molecule has 2 aromatic carbocycles. The lowest BCUT2D eigenvalue weighted by Gasteiger charge is -2.21. The lowest BCUT2D eigenvalue weighted by molar-refractivity contribution is 0.0986. The smallest absolute Gasteiger partial charge is 0.260 e. The first kappa shape index (κ1) is 22.6. The molecule has 28 heavy (non-hydrogen) atoms. The summed E-state index contributed by atoms with van der Waals surface area (Å²) in [4.78, 5) is 21.9. The van der Waals surface area contributed by atoms with Gasteiger partial charge in [0, 0.05) is 17.1 Å². The molecule has 0 radical (unpaired) electrons. The summed E-state index contributed by atoms with van der Waals surface area (Å²) in [6.45, 7) is 5.68. The van der Waals surface area contributed by atoms with Crippen LogP contribution in [0.1, 0.15) is 27.9 Å². The molecule has 0 fully saturated rings. The molecule has 0 bridgehead atoms. The van der Waals surface area contributed by atoms with Gasteiger partial charge in [-0.3, -0.25) is 9.69 Å². The average Bonchev–Trinajstić information content (AvgIpc) is 3.02. The number of nitrogens with zero attached hydrogens (tertiary/aromatic N) is 3. The number of benzene rings is 2. The highest BCUT2D eigenvalue weighted by Gasteiger charge is 2.21. The van der Waals surface area contributed by atoms with Crippen LogP contribution < -0.4 is 4.90 Å². The predicted octanol–water partition coefficient (Wildman–Crippen LogP) is 5.59. The van der Waals surface area contributed by atoms with Gasteiger partial charge in [-0.25, -0.2) is 4.98 Å². The summed E-state index contributed by atoms with van der Waals surface area (Å²) in [6.07, 6.45) is 0.875. The van der Waals surface area contributed by atoms with Gasteiger partial charge in [-0.15, -0.1) is 12.4 Å². The van der Waals surface area contributed by atoms with E-state index in [9.17, 15) is 4.79 Å². The molecule has 0 saturated carbocycles. The number of halogens is 2. The molecule has 0 saturated heterocycles. The molecule has 0 aliphatic carbocycles. The van der Waals surface area contributed by atoms with Gasteiger partial charge in [0.05, 0.1) is 10.2 Å². The molecular weight excluding hydrogens is 413 g/mol. The van der Waals surface area contributed by atoms with E-state index in [1.54, 1.807) is 40.5 Å². The van der Waals surface area contributed by atoms with Crippen LogP contribution in [0.15, 0.2) is 36.4 Å². The average molecular weight is 438 g/mol. The first-order valence-corrected chi connectivity index (χ1v) is 10.1. The zero-order valence-electron chi connectivity index (χ0n) is 16.5. The molecule has 1 heterocycles. The fraction of sp³-hybridized carbons (Fsp3) is 0.333. The lowest BCUT2D eigenvalue weighted by atomic mass is 10.1. The highest BCUT2D eigenvalue weighted by atomic mass is 35.5. The quantitative estimate of drug-likeness (QED) is 0.504. The van der Waals surface area contributed by atoms with E-state index in [0.717, 1.165) is 33.9 Å². The molecular formula is C21H25Cl2N3OS. The maximum absolute atomic E-state index is 13.2. The molecule has 0 atom stereocenters. The van der Waals surface area contributed by atoms with E-state index < -0.39 is 0 Å². The van der Waals surface area contributed by atoms with Gasteiger partial charge in [0.25, 0.3) is 5.91 Å². The van der Waals surface area contributed by atoms with Crippen LogP contribution in [-0.2, 0) is 0 Å². The summed E-state index contributed by atoms with van der Waals surface area (Å²) in [5, 5.41) is 1.37. The third-order valence-electron chi connectivity index (χ3n) is 4.37. The van der Waals surface area contributed by atoms with Gasteiger partial charge in [-0.05, 0) is 82.4 Å². The van der Waals surface area contributed by atoms with E-state index in [-0.39, 0.29) is 18.3 Å². The van der Waals surface area contributed by atoms with Crippen molar-refractivity contribution in [1.29, 1.82) is 0 Å². The summed E-state index contributed by atoms with van der Waals surface area (Å²) < 4.78 is 1.11. The Morgan fingerprint density at radius 3 is 2.43 bits per heavy atom. The molecule has 1 amide bonds. The summed E-state index contributed by atoms with van der Waals surface area (Å²) in [6, 6.07) is 11.3. The molecule has 150 valence electrons. The summed E-state index contributed by atoms with van der Waals surface area (Å²) >= 11 is 7.55. The number of aryl methyl sites for hydroxylation is 2. The largest absolute Gasteiger partial charge is 0.309 e. The number of amides is 1. The predicted molar refractivity (Wildman–Crippen MR) is 123 cm³/mol. The van der Waals surface area contributed by atoms with Crippen molar-refractivity contribution in [1.82, 2.24) is 9.88 Å². The fourth-order valence-corrected chi connectivity index (χ4v) is 4.34. The summed E-state index contributed by atoms with van der Waals surface area (Å²) in [5.74, 6) is -0.0427. The van der Waals surface area contributed by atoms with Crippen molar-refractivity contribution in [3.8, 4) is 0 Å². The Labute approximate surface area is 181 Å². The van der Waals surface area contributed by atoms with E-state index in [2.05, 4.69) is 30.9 Å². The minimum Gasteiger partial charge on any atom is -0.309 e. The topological polar surface area (TPSA) is 36.4 Å². The van der Waals surface area contributed by atoms with Gasteiger partial charge in [0.15, 0.2) is 5.13 Å². The summed E-state index contributed by atoms with van der Waals surface area (Å²) in [5.41, 5.74) is 3.94. The molecule has 4 nitrogen and oxygen atoms in total. The van der Waals surface area contributed by atoms with Crippen LogP contribution in [-0.4, -0.2) is 43.0 Å². The Kier molecular flexibility index (Phi) is 7.84. The number of thiazole rings is 1. The van der Waals surface area contributed by atoms with Gasteiger partial charge >= 0.3 is 0 Å². The molecule has 0 aliphatic rings. The normalized spacial score (nSPS) is 10.9. The fourth-order valence-electron chi connectivity index (χ4n) is 3.05. The Morgan fingerprint density at radius 1 is 1.11 bits per heavy atom. The highest BCUT2D eigenvalue weighted by molar-refractivity contribution is 7.22. The van der Waals surface area contributed by atoms with E-state index in [1.165, 1.54) is 5.56 Å². The zero-order chi connectivity index (χ0) is 19.6. The Balaban J connectivity index is 0.00000280. The van der Waals surface area contributed by atoms with E-state index in [1.807, 2.05) is 14.1 Å². The van der Waals surface area contributed by atoms with Crippen molar-refractivity contribution < 1.29 is 4.79 Å². The number of aromatic nitrogens is 1. The molecule has 3 aromatic rings. The molecule has 0 N–H and O–H groups in total. The van der Waals surface area contributed by atoms with E-state index >= 15 is 0 Å². The molecule has 0 spiro atoms. The van der Waals surface area contributed by atoms with Crippen LogP contribution in [0, 0.1) is 13.8 Å². The minimum atomic E-state index is -0.0427. The van der Waals surface area contributed by atoms with Gasteiger partial charge in [0.1, 0.15) is 0 Å². The van der Waals surface area contributed by atoms with Gasteiger partial charge in [-0.2, -0.15) is 0 Å². The van der Waals surface area contributed by atoms with Gasteiger partial charge < -0.3 is 4.90 Å². The van der Waals surface area contributed by atoms with Gasteiger partial charge in [0.2, 0.25) is 0 Å². The number of carbonyl (C=O) groups excluding carboxylic acids is 1. The second-order valence-corrected chi connectivity index (χ2v) is 8.49. The van der Waals surface area contributed by atoms with Gasteiger partial charge in [-0.1, -0.05) is 29.0 Å². The standard InChI is InChI=1S/C21H24ClN3OS.ClH/c1-14-12-15(2)19-18(13-14)27-21(23-19)25(11-5-10-24(3)4)20(26)16-6-8-17(22)9-7-16;/h6-9,12-13H,5,10-11H2,1-4H3;1H. The van der Waals surface area contributed by atoms with Crippen LogP contribution in [0.2, 0.25) is 5.02 Å². The molecule has 0 unspecified atom stereocenters. The van der Waals surface area contributed by atoms with E-state index in [4.69, 9.17) is 16.6 Å². The Bertz CT molecular complexity index is 954.